The molecule has 20 heavy (non-hydrogen) atoms. The summed E-state index contributed by atoms with van der Waals surface area (Å²) in [5.74, 6) is 1.69. The molecule has 0 aliphatic heterocycles. The van der Waals surface area contributed by atoms with Crippen molar-refractivity contribution in [2.24, 2.45) is 11.8 Å². The lowest BCUT2D eigenvalue weighted by molar-refractivity contribution is 0.429. The molecule has 1 N–H and O–H groups in total. The number of unbranched alkanes of at least 4 members (excludes halogenated alkanes) is 3. The Hall–Kier alpha value is 0.180. The van der Waals surface area contributed by atoms with Crippen LogP contribution in [0.4, 0.5) is 0 Å². The molecular weight excluding hydrogens is 310 g/mol. The van der Waals surface area contributed by atoms with Gasteiger partial charge in [-0.05, 0) is 43.9 Å². The molecule has 0 aromatic rings. The summed E-state index contributed by atoms with van der Waals surface area (Å²) in [6, 6.07) is 0. The lowest BCUT2D eigenvalue weighted by atomic mass is 9.89. The topological polar surface area (TPSA) is 12.0 Å². The second-order valence-corrected chi connectivity index (χ2v) is 7.12. The van der Waals surface area contributed by atoms with Crippen molar-refractivity contribution in [2.45, 2.75) is 84.0 Å². The van der Waals surface area contributed by atoms with Gasteiger partial charge in [0, 0.05) is 22.7 Å². The lowest BCUT2D eigenvalue weighted by Gasteiger charge is -2.17. The van der Waals surface area contributed by atoms with Crippen LogP contribution in [0.25, 0.3) is 0 Å². The summed E-state index contributed by atoms with van der Waals surface area (Å²) < 4.78 is 3.13. The maximum Gasteiger partial charge on any atom is 0.00897 e. The van der Waals surface area contributed by atoms with Gasteiger partial charge in [-0.3, -0.25) is 4.34 Å². The van der Waals surface area contributed by atoms with E-state index in [1.54, 1.807) is 5.57 Å². The van der Waals surface area contributed by atoms with Crippen molar-refractivity contribution < 1.29 is 0 Å². The number of rotatable bonds is 10. The van der Waals surface area contributed by atoms with Crippen molar-refractivity contribution in [3.8, 4) is 0 Å². The highest BCUT2D eigenvalue weighted by atomic mass is 79.9. The Bertz CT molecular complexity index is 252. The van der Waals surface area contributed by atoms with Crippen molar-refractivity contribution in [1.29, 1.82) is 0 Å². The first-order chi connectivity index (χ1) is 9.77. The van der Waals surface area contributed by atoms with Gasteiger partial charge in [-0.15, -0.1) is 0 Å². The average Bonchev–Trinajstić information content (AvgIpc) is 2.66. The predicted molar refractivity (Wildman–Crippen MR) is 94.1 cm³/mol. The smallest absolute Gasteiger partial charge is 0.00897 e. The Morgan fingerprint density at radius 2 is 2.00 bits per heavy atom. The van der Waals surface area contributed by atoms with Gasteiger partial charge in [-0.1, -0.05) is 64.0 Å². The van der Waals surface area contributed by atoms with Gasteiger partial charge in [-0.2, -0.15) is 0 Å². The van der Waals surface area contributed by atoms with Crippen LogP contribution in [0.5, 0.6) is 0 Å². The molecule has 0 aromatic carbocycles. The second kappa shape index (κ2) is 11.8. The van der Waals surface area contributed by atoms with E-state index in [0.29, 0.717) is 0 Å². The third kappa shape index (κ3) is 7.83. The number of nitrogens with one attached hydrogen (secondary N) is 1. The van der Waals surface area contributed by atoms with E-state index in [1.165, 1.54) is 77.0 Å². The van der Waals surface area contributed by atoms with Crippen LogP contribution in [0.3, 0.4) is 0 Å². The lowest BCUT2D eigenvalue weighted by Crippen LogP contribution is -2.13. The highest BCUT2D eigenvalue weighted by molar-refractivity contribution is 9.08. The third-order valence-corrected chi connectivity index (χ3v) is 5.31. The summed E-state index contributed by atoms with van der Waals surface area (Å²) in [7, 11) is 0. The van der Waals surface area contributed by atoms with Gasteiger partial charge in [0.2, 0.25) is 0 Å². The van der Waals surface area contributed by atoms with Gasteiger partial charge in [0.05, 0.1) is 0 Å². The Morgan fingerprint density at radius 1 is 1.20 bits per heavy atom. The molecule has 118 valence electrons. The van der Waals surface area contributed by atoms with Gasteiger partial charge >= 0.3 is 0 Å². The first kappa shape index (κ1) is 18.2. The minimum absolute atomic E-state index is 0.844. The number of allylic oxidation sites excluding steroid dienone is 1. The molecule has 0 heterocycles. The van der Waals surface area contributed by atoms with E-state index in [0.717, 1.165) is 18.4 Å². The van der Waals surface area contributed by atoms with Crippen LogP contribution in [0, 0.1) is 11.8 Å². The summed E-state index contributed by atoms with van der Waals surface area (Å²) in [4.78, 5) is 0. The van der Waals surface area contributed by atoms with Crippen molar-refractivity contribution in [3.05, 3.63) is 12.2 Å². The van der Waals surface area contributed by atoms with Crippen LogP contribution in [-0.2, 0) is 0 Å². The zero-order valence-electron chi connectivity index (χ0n) is 13.4. The van der Waals surface area contributed by atoms with E-state index in [1.807, 2.05) is 0 Å². The van der Waals surface area contributed by atoms with E-state index >= 15 is 0 Å². The fraction of sp³-hybridized carbons (Fsp3) is 0.889. The molecular formula is C18H34BrN. The molecule has 1 saturated carbocycles. The van der Waals surface area contributed by atoms with Gasteiger partial charge in [0.15, 0.2) is 0 Å². The monoisotopic (exact) mass is 343 g/mol. The van der Waals surface area contributed by atoms with E-state index < -0.39 is 0 Å². The standard InChI is InChI=1S/C18H34BrN/c1-3-17(15-20-19)12-8-4-5-9-13-18-14-10-6-7-11-16(18)2/h17-18,20H,2-15H2,1H3. The van der Waals surface area contributed by atoms with E-state index in [4.69, 9.17) is 0 Å². The molecule has 0 radical (unpaired) electrons. The average molecular weight is 344 g/mol. The molecule has 1 aliphatic carbocycles. The molecule has 2 unspecified atom stereocenters. The zero-order chi connectivity index (χ0) is 14.6. The first-order valence-corrected chi connectivity index (χ1v) is 9.58. The zero-order valence-corrected chi connectivity index (χ0v) is 15.0. The largest absolute Gasteiger partial charge is 0.256 e. The molecule has 0 saturated heterocycles. The normalized spacial score (nSPS) is 21.7. The molecule has 2 atom stereocenters. The quantitative estimate of drug-likeness (QED) is 0.210. The van der Waals surface area contributed by atoms with Crippen LogP contribution in [-0.4, -0.2) is 6.54 Å². The fourth-order valence-corrected chi connectivity index (χ4v) is 3.87. The van der Waals surface area contributed by atoms with Crippen LogP contribution >= 0.6 is 16.1 Å². The molecule has 1 rings (SSSR count). The Labute approximate surface area is 135 Å². The summed E-state index contributed by atoms with van der Waals surface area (Å²) in [5.41, 5.74) is 1.55. The maximum atomic E-state index is 4.31. The van der Waals surface area contributed by atoms with Crippen molar-refractivity contribution in [2.75, 3.05) is 6.54 Å². The minimum Gasteiger partial charge on any atom is -0.256 e. The Balaban J connectivity index is 2.02. The highest BCUT2D eigenvalue weighted by Crippen LogP contribution is 2.30. The highest BCUT2D eigenvalue weighted by Gasteiger charge is 2.15. The molecule has 1 fully saturated rings. The van der Waals surface area contributed by atoms with Crippen molar-refractivity contribution in [3.63, 3.8) is 0 Å². The van der Waals surface area contributed by atoms with E-state index in [9.17, 15) is 0 Å². The van der Waals surface area contributed by atoms with Crippen LogP contribution in [0.1, 0.15) is 84.0 Å². The third-order valence-electron chi connectivity index (χ3n) is 4.99. The second-order valence-electron chi connectivity index (χ2n) is 6.56. The molecule has 1 aliphatic rings. The molecule has 2 heteroatoms. The van der Waals surface area contributed by atoms with Crippen LogP contribution in [0.15, 0.2) is 12.2 Å². The fourth-order valence-electron chi connectivity index (χ4n) is 3.41. The van der Waals surface area contributed by atoms with Gasteiger partial charge < -0.3 is 0 Å². The molecule has 0 bridgehead atoms. The van der Waals surface area contributed by atoms with Crippen LogP contribution < -0.4 is 4.34 Å². The molecule has 0 aromatic heterocycles. The SMILES string of the molecule is C=C1CCCCCC1CCCCCCC(CC)CNBr. The molecule has 0 spiro atoms. The van der Waals surface area contributed by atoms with Gasteiger partial charge in [0.25, 0.3) is 0 Å². The van der Waals surface area contributed by atoms with E-state index in [-0.39, 0.29) is 0 Å². The maximum absolute atomic E-state index is 4.31. The van der Waals surface area contributed by atoms with Crippen molar-refractivity contribution >= 4 is 16.1 Å². The molecule has 1 nitrogen and oxygen atoms in total. The number of hydrogen-bond acceptors (Lipinski definition) is 1. The Kier molecular flexibility index (Phi) is 10.8. The van der Waals surface area contributed by atoms with Gasteiger partial charge in [0.1, 0.15) is 0 Å². The summed E-state index contributed by atoms with van der Waals surface area (Å²) in [6.07, 6.45) is 16.7. The molecule has 0 amide bonds. The first-order valence-electron chi connectivity index (χ1n) is 8.79. The van der Waals surface area contributed by atoms with E-state index in [2.05, 4.69) is 34.0 Å². The van der Waals surface area contributed by atoms with Crippen molar-refractivity contribution in [1.82, 2.24) is 4.34 Å². The number of hydrogen-bond donors (Lipinski definition) is 1. The predicted octanol–water partition coefficient (Wildman–Crippen LogP) is 6.39. The Morgan fingerprint density at radius 3 is 2.75 bits per heavy atom. The number of halogens is 1. The minimum atomic E-state index is 0.844. The summed E-state index contributed by atoms with van der Waals surface area (Å²) in [5, 5.41) is 0. The van der Waals surface area contributed by atoms with Gasteiger partial charge in [-0.25, -0.2) is 0 Å². The van der Waals surface area contributed by atoms with Crippen LogP contribution in [0.2, 0.25) is 0 Å². The summed E-state index contributed by atoms with van der Waals surface area (Å²) in [6.45, 7) is 7.72. The summed E-state index contributed by atoms with van der Waals surface area (Å²) >= 11 is 3.32.